The zero-order valence-electron chi connectivity index (χ0n) is 11.0. The Balaban J connectivity index is 2.30. The topological polar surface area (TPSA) is 49.7 Å². The van der Waals surface area contributed by atoms with E-state index >= 15 is 0 Å². The quantitative estimate of drug-likeness (QED) is 0.867. The largest absolute Gasteiger partial charge is 0.457 e. The van der Waals surface area contributed by atoms with Gasteiger partial charge in [-0.05, 0) is 31.0 Å². The Morgan fingerprint density at radius 2 is 1.68 bits per heavy atom. The van der Waals surface area contributed by atoms with Gasteiger partial charge >= 0.3 is 0 Å². The average Bonchev–Trinajstić information content (AvgIpc) is 2.43. The van der Waals surface area contributed by atoms with E-state index in [2.05, 4.69) is 0 Å². The van der Waals surface area contributed by atoms with Crippen LogP contribution in [0.5, 0.6) is 11.5 Å². The molecular formula is C16H18O3. The summed E-state index contributed by atoms with van der Waals surface area (Å²) < 4.78 is 5.87. The summed E-state index contributed by atoms with van der Waals surface area (Å²) in [4.78, 5) is 0. The van der Waals surface area contributed by atoms with Gasteiger partial charge in [-0.1, -0.05) is 35.9 Å². The molecule has 3 heteroatoms. The van der Waals surface area contributed by atoms with Crippen molar-refractivity contribution in [2.24, 2.45) is 0 Å². The molecule has 0 saturated carbocycles. The second-order valence-electron chi connectivity index (χ2n) is 4.45. The highest BCUT2D eigenvalue weighted by molar-refractivity contribution is 5.42. The van der Waals surface area contributed by atoms with E-state index in [0.717, 1.165) is 22.4 Å². The fraction of sp³-hybridized carbons (Fsp3) is 0.250. The first-order valence-electron chi connectivity index (χ1n) is 6.31. The SMILES string of the molecule is Cc1ccc(Oc2ccccc2CCO)c(CO)c1. The molecule has 100 valence electrons. The van der Waals surface area contributed by atoms with E-state index in [9.17, 15) is 5.11 Å². The van der Waals surface area contributed by atoms with Gasteiger partial charge in [0, 0.05) is 12.2 Å². The van der Waals surface area contributed by atoms with Crippen molar-refractivity contribution in [3.63, 3.8) is 0 Å². The van der Waals surface area contributed by atoms with Gasteiger partial charge in [-0.25, -0.2) is 0 Å². The molecule has 19 heavy (non-hydrogen) atoms. The molecular weight excluding hydrogens is 240 g/mol. The van der Waals surface area contributed by atoms with Crippen LogP contribution in [0.25, 0.3) is 0 Å². The molecule has 0 saturated heterocycles. The van der Waals surface area contributed by atoms with E-state index in [-0.39, 0.29) is 13.2 Å². The third kappa shape index (κ3) is 3.34. The first-order chi connectivity index (χ1) is 9.24. The smallest absolute Gasteiger partial charge is 0.132 e. The Morgan fingerprint density at radius 3 is 2.42 bits per heavy atom. The van der Waals surface area contributed by atoms with Crippen LogP contribution in [0.15, 0.2) is 42.5 Å². The van der Waals surface area contributed by atoms with Gasteiger partial charge in [-0.3, -0.25) is 0 Å². The first kappa shape index (κ1) is 13.6. The summed E-state index contributed by atoms with van der Waals surface area (Å²) in [5.41, 5.74) is 2.80. The zero-order valence-corrected chi connectivity index (χ0v) is 11.0. The van der Waals surface area contributed by atoms with Crippen molar-refractivity contribution in [1.82, 2.24) is 0 Å². The number of aryl methyl sites for hydroxylation is 1. The summed E-state index contributed by atoms with van der Waals surface area (Å²) >= 11 is 0. The molecule has 0 aliphatic carbocycles. The molecule has 2 aromatic carbocycles. The zero-order chi connectivity index (χ0) is 13.7. The fourth-order valence-electron chi connectivity index (χ4n) is 1.98. The standard InChI is InChI=1S/C16H18O3/c1-12-6-7-16(14(10-12)11-18)19-15-5-3-2-4-13(15)8-9-17/h2-7,10,17-18H,8-9,11H2,1H3. The highest BCUT2D eigenvalue weighted by Gasteiger charge is 2.07. The lowest BCUT2D eigenvalue weighted by molar-refractivity contribution is 0.276. The fourth-order valence-corrected chi connectivity index (χ4v) is 1.98. The highest BCUT2D eigenvalue weighted by Crippen LogP contribution is 2.29. The van der Waals surface area contributed by atoms with Crippen LogP contribution in [-0.4, -0.2) is 16.8 Å². The number of aliphatic hydroxyl groups is 2. The predicted octanol–water partition coefficient (Wildman–Crippen LogP) is 2.81. The summed E-state index contributed by atoms with van der Waals surface area (Å²) in [6, 6.07) is 13.3. The van der Waals surface area contributed by atoms with Crippen LogP contribution >= 0.6 is 0 Å². The maximum Gasteiger partial charge on any atom is 0.132 e. The predicted molar refractivity (Wildman–Crippen MR) is 74.4 cm³/mol. The Hall–Kier alpha value is -1.84. The molecule has 0 aliphatic heterocycles. The van der Waals surface area contributed by atoms with Gasteiger partial charge in [0.05, 0.1) is 6.61 Å². The van der Waals surface area contributed by atoms with Gasteiger partial charge in [0.25, 0.3) is 0 Å². The molecule has 0 aliphatic rings. The Bertz CT molecular complexity index is 549. The van der Waals surface area contributed by atoms with Crippen LogP contribution in [0.3, 0.4) is 0 Å². The first-order valence-corrected chi connectivity index (χ1v) is 6.31. The monoisotopic (exact) mass is 258 g/mol. The van der Waals surface area contributed by atoms with Gasteiger partial charge in [0.1, 0.15) is 11.5 Å². The van der Waals surface area contributed by atoms with E-state index in [1.807, 2.05) is 49.4 Å². The van der Waals surface area contributed by atoms with Gasteiger partial charge in [-0.15, -0.1) is 0 Å². The van der Waals surface area contributed by atoms with Crippen molar-refractivity contribution >= 4 is 0 Å². The number of hydrogen-bond donors (Lipinski definition) is 2. The van der Waals surface area contributed by atoms with E-state index < -0.39 is 0 Å². The van der Waals surface area contributed by atoms with E-state index in [0.29, 0.717) is 12.2 Å². The van der Waals surface area contributed by atoms with Crippen LogP contribution in [0.1, 0.15) is 16.7 Å². The number of ether oxygens (including phenoxy) is 1. The molecule has 0 spiro atoms. The third-order valence-electron chi connectivity index (χ3n) is 2.96. The molecule has 0 unspecified atom stereocenters. The average molecular weight is 258 g/mol. The lowest BCUT2D eigenvalue weighted by atomic mass is 10.1. The van der Waals surface area contributed by atoms with Crippen molar-refractivity contribution in [3.05, 3.63) is 59.2 Å². The minimum absolute atomic E-state index is 0.0564. The van der Waals surface area contributed by atoms with Crippen molar-refractivity contribution in [3.8, 4) is 11.5 Å². The minimum Gasteiger partial charge on any atom is -0.457 e. The Labute approximate surface area is 113 Å². The van der Waals surface area contributed by atoms with Gasteiger partial charge in [-0.2, -0.15) is 0 Å². The number of benzene rings is 2. The molecule has 0 atom stereocenters. The van der Waals surface area contributed by atoms with E-state index in [1.54, 1.807) is 0 Å². The maximum absolute atomic E-state index is 9.37. The number of rotatable bonds is 5. The molecule has 0 aromatic heterocycles. The van der Waals surface area contributed by atoms with Crippen LogP contribution in [0, 0.1) is 6.92 Å². The van der Waals surface area contributed by atoms with Gasteiger partial charge < -0.3 is 14.9 Å². The molecule has 2 N–H and O–H groups in total. The summed E-state index contributed by atoms with van der Waals surface area (Å²) in [7, 11) is 0. The lowest BCUT2D eigenvalue weighted by Gasteiger charge is -2.13. The molecule has 2 aromatic rings. The third-order valence-corrected chi connectivity index (χ3v) is 2.96. The van der Waals surface area contributed by atoms with E-state index in [1.165, 1.54) is 0 Å². The maximum atomic E-state index is 9.37. The van der Waals surface area contributed by atoms with Crippen LogP contribution in [-0.2, 0) is 13.0 Å². The number of hydrogen-bond acceptors (Lipinski definition) is 3. The molecule has 3 nitrogen and oxygen atoms in total. The normalized spacial score (nSPS) is 10.5. The number of para-hydroxylation sites is 1. The summed E-state index contributed by atoms with van der Waals surface area (Å²) in [5.74, 6) is 1.37. The van der Waals surface area contributed by atoms with E-state index in [4.69, 9.17) is 9.84 Å². The second-order valence-corrected chi connectivity index (χ2v) is 4.45. The molecule has 2 rings (SSSR count). The van der Waals surface area contributed by atoms with Gasteiger partial charge in [0.15, 0.2) is 0 Å². The molecule has 0 fully saturated rings. The van der Waals surface area contributed by atoms with Crippen LogP contribution in [0.4, 0.5) is 0 Å². The van der Waals surface area contributed by atoms with Crippen molar-refractivity contribution in [2.75, 3.05) is 6.61 Å². The Kier molecular flexibility index (Phi) is 4.55. The summed E-state index contributed by atoms with van der Waals surface area (Å²) in [6.07, 6.45) is 0.552. The lowest BCUT2D eigenvalue weighted by Crippen LogP contribution is -1.97. The molecule has 0 heterocycles. The van der Waals surface area contributed by atoms with Gasteiger partial charge in [0.2, 0.25) is 0 Å². The minimum atomic E-state index is -0.0564. The highest BCUT2D eigenvalue weighted by atomic mass is 16.5. The molecule has 0 radical (unpaired) electrons. The summed E-state index contributed by atoms with van der Waals surface area (Å²) in [6.45, 7) is 2.00. The van der Waals surface area contributed by atoms with Crippen molar-refractivity contribution in [2.45, 2.75) is 20.0 Å². The van der Waals surface area contributed by atoms with Crippen LogP contribution < -0.4 is 4.74 Å². The van der Waals surface area contributed by atoms with Crippen LogP contribution in [0.2, 0.25) is 0 Å². The second kappa shape index (κ2) is 6.36. The summed E-state index contributed by atoms with van der Waals surface area (Å²) in [5, 5.41) is 18.4. The number of aliphatic hydroxyl groups excluding tert-OH is 2. The van der Waals surface area contributed by atoms with Crippen molar-refractivity contribution < 1.29 is 14.9 Å². The molecule has 0 amide bonds. The van der Waals surface area contributed by atoms with Crippen molar-refractivity contribution in [1.29, 1.82) is 0 Å². The Morgan fingerprint density at radius 1 is 0.947 bits per heavy atom. The molecule has 0 bridgehead atoms.